The van der Waals surface area contributed by atoms with Crippen LogP contribution in [0.3, 0.4) is 0 Å². The number of methoxy groups -OCH3 is 2. The average molecular weight is 273 g/mol. The van der Waals surface area contributed by atoms with E-state index in [0.29, 0.717) is 28.6 Å². The first-order chi connectivity index (χ1) is 9.63. The molecular formula is C14H15N3O3. The van der Waals surface area contributed by atoms with Crippen molar-refractivity contribution in [2.24, 2.45) is 0 Å². The molecule has 0 saturated carbocycles. The van der Waals surface area contributed by atoms with Crippen LogP contribution in [0.25, 0.3) is 0 Å². The molecule has 0 aliphatic heterocycles. The highest BCUT2D eigenvalue weighted by Gasteiger charge is 2.11. The van der Waals surface area contributed by atoms with Crippen molar-refractivity contribution in [3.8, 4) is 11.6 Å². The number of pyridine rings is 1. The number of hydrogen-bond donors (Lipinski definition) is 2. The molecule has 0 bridgehead atoms. The first-order valence-corrected chi connectivity index (χ1v) is 5.89. The zero-order valence-electron chi connectivity index (χ0n) is 11.2. The lowest BCUT2D eigenvalue weighted by Gasteiger charge is -2.09. The number of carbonyl (C=O) groups excluding carboxylic acids is 1. The Morgan fingerprint density at radius 2 is 2.00 bits per heavy atom. The summed E-state index contributed by atoms with van der Waals surface area (Å²) in [6, 6.07) is 8.26. The summed E-state index contributed by atoms with van der Waals surface area (Å²) in [7, 11) is 3.05. The largest absolute Gasteiger partial charge is 0.497 e. The molecule has 0 atom stereocenters. The van der Waals surface area contributed by atoms with Crippen LogP contribution in [0.4, 0.5) is 11.4 Å². The van der Waals surface area contributed by atoms with Crippen molar-refractivity contribution in [1.29, 1.82) is 0 Å². The SMILES string of the molecule is COc1ccc(N)c(C(=O)Nc2ccc(OC)nc2)c1. The Kier molecular flexibility index (Phi) is 4.05. The predicted octanol–water partition coefficient (Wildman–Crippen LogP) is 1.93. The van der Waals surface area contributed by atoms with Crippen LogP contribution in [0, 0.1) is 0 Å². The third kappa shape index (κ3) is 2.97. The van der Waals surface area contributed by atoms with Crippen LogP contribution in [0.5, 0.6) is 11.6 Å². The smallest absolute Gasteiger partial charge is 0.257 e. The third-order valence-electron chi connectivity index (χ3n) is 2.71. The van der Waals surface area contributed by atoms with Crippen LogP contribution in [0.2, 0.25) is 0 Å². The van der Waals surface area contributed by atoms with Gasteiger partial charge in [-0.1, -0.05) is 0 Å². The summed E-state index contributed by atoms with van der Waals surface area (Å²) < 4.78 is 10.0. The van der Waals surface area contributed by atoms with Crippen molar-refractivity contribution in [2.45, 2.75) is 0 Å². The maximum Gasteiger partial charge on any atom is 0.257 e. The highest BCUT2D eigenvalue weighted by atomic mass is 16.5. The molecular weight excluding hydrogens is 258 g/mol. The van der Waals surface area contributed by atoms with Crippen molar-refractivity contribution in [2.75, 3.05) is 25.3 Å². The standard InChI is InChI=1S/C14H15N3O3/c1-19-10-4-5-12(15)11(7-10)14(18)17-9-3-6-13(20-2)16-8-9/h3-8H,15H2,1-2H3,(H,17,18). The summed E-state index contributed by atoms with van der Waals surface area (Å²) in [6.07, 6.45) is 1.51. The number of hydrogen-bond acceptors (Lipinski definition) is 5. The molecule has 1 aromatic heterocycles. The van der Waals surface area contributed by atoms with Crippen molar-refractivity contribution in [3.63, 3.8) is 0 Å². The first kappa shape index (κ1) is 13.7. The van der Waals surface area contributed by atoms with Gasteiger partial charge in [0.25, 0.3) is 5.91 Å². The lowest BCUT2D eigenvalue weighted by molar-refractivity contribution is 0.102. The van der Waals surface area contributed by atoms with Gasteiger partial charge in [-0.15, -0.1) is 0 Å². The van der Waals surface area contributed by atoms with Crippen LogP contribution in [-0.4, -0.2) is 25.1 Å². The number of nitrogens with zero attached hydrogens (tertiary/aromatic N) is 1. The van der Waals surface area contributed by atoms with Gasteiger partial charge in [0.15, 0.2) is 0 Å². The summed E-state index contributed by atoms with van der Waals surface area (Å²) in [5, 5.41) is 2.71. The minimum atomic E-state index is -0.326. The summed E-state index contributed by atoms with van der Waals surface area (Å²) >= 11 is 0. The van der Waals surface area contributed by atoms with Gasteiger partial charge in [0.2, 0.25) is 5.88 Å². The Labute approximate surface area is 116 Å². The van der Waals surface area contributed by atoms with Crippen LogP contribution in [-0.2, 0) is 0 Å². The fraction of sp³-hybridized carbons (Fsp3) is 0.143. The normalized spacial score (nSPS) is 9.90. The molecule has 0 fully saturated rings. The summed E-state index contributed by atoms with van der Waals surface area (Å²) in [4.78, 5) is 16.2. The maximum absolute atomic E-state index is 12.2. The summed E-state index contributed by atoms with van der Waals surface area (Å²) in [5.74, 6) is 0.717. The van der Waals surface area contributed by atoms with E-state index in [4.69, 9.17) is 15.2 Å². The molecule has 0 aliphatic carbocycles. The number of benzene rings is 1. The van der Waals surface area contributed by atoms with Gasteiger partial charge in [-0.2, -0.15) is 0 Å². The van der Waals surface area contributed by atoms with E-state index in [2.05, 4.69) is 10.3 Å². The van der Waals surface area contributed by atoms with Gasteiger partial charge in [-0.3, -0.25) is 4.79 Å². The number of nitrogens with one attached hydrogen (secondary N) is 1. The van der Waals surface area contributed by atoms with E-state index < -0.39 is 0 Å². The number of nitrogens with two attached hydrogens (primary N) is 1. The first-order valence-electron chi connectivity index (χ1n) is 5.89. The minimum Gasteiger partial charge on any atom is -0.497 e. The topological polar surface area (TPSA) is 86.5 Å². The van der Waals surface area contributed by atoms with Gasteiger partial charge in [0.1, 0.15) is 5.75 Å². The maximum atomic E-state index is 12.2. The third-order valence-corrected chi connectivity index (χ3v) is 2.71. The van der Waals surface area contributed by atoms with Crippen molar-refractivity contribution < 1.29 is 14.3 Å². The Hall–Kier alpha value is -2.76. The van der Waals surface area contributed by atoms with Gasteiger partial charge >= 0.3 is 0 Å². The van der Waals surface area contributed by atoms with Crippen LogP contribution in [0.15, 0.2) is 36.5 Å². The molecule has 2 aromatic rings. The second-order valence-corrected chi connectivity index (χ2v) is 4.00. The molecule has 0 radical (unpaired) electrons. The highest BCUT2D eigenvalue weighted by Crippen LogP contribution is 2.21. The molecule has 20 heavy (non-hydrogen) atoms. The minimum absolute atomic E-state index is 0.326. The molecule has 6 heteroatoms. The van der Waals surface area contributed by atoms with E-state index in [0.717, 1.165) is 0 Å². The predicted molar refractivity (Wildman–Crippen MR) is 76.1 cm³/mol. The van der Waals surface area contributed by atoms with E-state index in [1.165, 1.54) is 20.4 Å². The van der Waals surface area contributed by atoms with E-state index in [1.54, 1.807) is 30.3 Å². The number of anilines is 2. The molecule has 0 saturated heterocycles. The lowest BCUT2D eigenvalue weighted by atomic mass is 10.1. The van der Waals surface area contributed by atoms with Gasteiger partial charge in [0, 0.05) is 11.8 Å². The molecule has 6 nitrogen and oxygen atoms in total. The van der Waals surface area contributed by atoms with Crippen molar-refractivity contribution >= 4 is 17.3 Å². The highest BCUT2D eigenvalue weighted by molar-refractivity contribution is 6.07. The van der Waals surface area contributed by atoms with Crippen LogP contribution < -0.4 is 20.5 Å². The number of ether oxygens (including phenoxy) is 2. The molecule has 0 aliphatic rings. The Morgan fingerprint density at radius 1 is 1.20 bits per heavy atom. The zero-order chi connectivity index (χ0) is 14.5. The van der Waals surface area contributed by atoms with E-state index >= 15 is 0 Å². The fourth-order valence-corrected chi connectivity index (χ4v) is 1.63. The second kappa shape index (κ2) is 5.92. The van der Waals surface area contributed by atoms with Crippen molar-refractivity contribution in [3.05, 3.63) is 42.1 Å². The molecule has 1 heterocycles. The summed E-state index contributed by atoms with van der Waals surface area (Å²) in [6.45, 7) is 0. The molecule has 0 unspecified atom stereocenters. The summed E-state index contributed by atoms with van der Waals surface area (Å²) in [5.41, 5.74) is 7.07. The van der Waals surface area contributed by atoms with Gasteiger partial charge in [-0.25, -0.2) is 4.98 Å². The number of aromatic nitrogens is 1. The average Bonchev–Trinajstić information content (AvgIpc) is 2.48. The number of rotatable bonds is 4. The second-order valence-electron chi connectivity index (χ2n) is 4.00. The van der Waals surface area contributed by atoms with E-state index in [1.807, 2.05) is 0 Å². The molecule has 2 rings (SSSR count). The molecule has 1 amide bonds. The Bertz CT molecular complexity index is 612. The van der Waals surface area contributed by atoms with Gasteiger partial charge < -0.3 is 20.5 Å². The molecule has 104 valence electrons. The molecule has 0 spiro atoms. The fourth-order valence-electron chi connectivity index (χ4n) is 1.63. The van der Waals surface area contributed by atoms with Crippen molar-refractivity contribution in [1.82, 2.24) is 4.98 Å². The zero-order valence-corrected chi connectivity index (χ0v) is 11.2. The number of amides is 1. The van der Waals surface area contributed by atoms with E-state index in [-0.39, 0.29) is 5.91 Å². The van der Waals surface area contributed by atoms with Gasteiger partial charge in [0.05, 0.1) is 31.7 Å². The number of carbonyl (C=O) groups is 1. The number of nitrogen functional groups attached to an aromatic ring is 1. The monoisotopic (exact) mass is 273 g/mol. The van der Waals surface area contributed by atoms with E-state index in [9.17, 15) is 4.79 Å². The molecule has 3 N–H and O–H groups in total. The quantitative estimate of drug-likeness (QED) is 0.831. The van der Waals surface area contributed by atoms with Gasteiger partial charge in [-0.05, 0) is 24.3 Å². The Balaban J connectivity index is 2.18. The molecule has 1 aromatic carbocycles. The van der Waals surface area contributed by atoms with Crippen LogP contribution >= 0.6 is 0 Å². The van der Waals surface area contributed by atoms with Crippen LogP contribution in [0.1, 0.15) is 10.4 Å². The Morgan fingerprint density at radius 3 is 2.60 bits per heavy atom. The lowest BCUT2D eigenvalue weighted by Crippen LogP contribution is -2.14.